The Hall–Kier alpha value is 3.45. The quantitative estimate of drug-likeness (QED) is 0.240. The number of rotatable bonds is 0. The van der Waals surface area contributed by atoms with Crippen molar-refractivity contribution in [1.82, 2.24) is 0 Å². The molecule has 0 aromatic carbocycles. The summed E-state index contributed by atoms with van der Waals surface area (Å²) in [4.78, 5) is 0. The van der Waals surface area contributed by atoms with Gasteiger partial charge in [0.1, 0.15) is 0 Å². The third-order valence-corrected chi connectivity index (χ3v) is 0. The average Bonchev–Trinajstić information content (AvgIpc) is 0.722. The van der Waals surface area contributed by atoms with E-state index in [1.807, 2.05) is 0 Å². The van der Waals surface area contributed by atoms with Crippen LogP contribution in [0.4, 0.5) is 0 Å². The van der Waals surface area contributed by atoms with Gasteiger partial charge in [0.25, 0.3) is 0 Å². The van der Waals surface area contributed by atoms with Crippen molar-refractivity contribution in [2.24, 2.45) is 0 Å². The van der Waals surface area contributed by atoms with Crippen molar-refractivity contribution in [3.63, 3.8) is 0 Å². The van der Waals surface area contributed by atoms with E-state index in [4.69, 9.17) is 17.5 Å². The number of hydrogen-bond donors (Lipinski definition) is 0. The van der Waals surface area contributed by atoms with Crippen LogP contribution >= 0.6 is 0 Å². The Kier molecular flexibility index (Phi) is 68.7. The molecule has 1 radical (unpaired) electrons. The van der Waals surface area contributed by atoms with Crippen LogP contribution in [0, 0.1) is 0 Å². The van der Waals surface area contributed by atoms with Gasteiger partial charge in [0.2, 0.25) is 0 Å². The van der Waals surface area contributed by atoms with Crippen molar-refractivity contribution in [1.29, 1.82) is 0 Å². The Bertz CT molecular complexity index is 104. The second kappa shape index (κ2) is 18.3. The predicted octanol–water partition coefficient (Wildman–Crippen LogP) is -11.8. The van der Waals surface area contributed by atoms with Crippen molar-refractivity contribution in [3.8, 4) is 0 Å². The molecule has 0 spiro atoms. The third kappa shape index (κ3) is 105. The molecule has 0 aromatic rings. The molecule has 0 fully saturated rings. The van der Waals surface area contributed by atoms with Crippen molar-refractivity contribution < 1.29 is 123 Å². The largest absolute Gasteiger partial charge is 1.00 e. The monoisotopic (exact) mass is 243 g/mol. The van der Waals surface area contributed by atoms with Gasteiger partial charge in [-0.3, -0.25) is 8.42 Å². The summed E-state index contributed by atoms with van der Waals surface area (Å²) in [5.41, 5.74) is 0. The molecule has 0 atom stereocenters. The van der Waals surface area contributed by atoms with Crippen molar-refractivity contribution in [2.75, 3.05) is 0 Å². The molecule has 0 heterocycles. The molecule has 0 aliphatic heterocycles. The van der Waals surface area contributed by atoms with Crippen LogP contribution < -0.4 is 88.7 Å². The van der Waals surface area contributed by atoms with Gasteiger partial charge in [-0.2, -0.15) is 0 Å². The van der Waals surface area contributed by atoms with Crippen LogP contribution in [0.15, 0.2) is 0 Å². The van der Waals surface area contributed by atoms with Gasteiger partial charge in [0.05, 0.1) is 0 Å². The van der Waals surface area contributed by atoms with E-state index in [1.165, 1.54) is 0 Å². The molecule has 0 amide bonds. The van der Waals surface area contributed by atoms with Crippen molar-refractivity contribution in [3.05, 3.63) is 0 Å². The molecule has 0 N–H and O–H groups in total. The molecule has 0 bridgehead atoms. The zero-order chi connectivity index (χ0) is 4.50. The topological polar surface area (TPSA) is 80.3 Å². The van der Waals surface area contributed by atoms with Crippen LogP contribution in [0.5, 0.6) is 0 Å². The third-order valence-electron chi connectivity index (χ3n) is 0. The van der Waals surface area contributed by atoms with E-state index in [2.05, 4.69) is 0 Å². The molecule has 0 aliphatic rings. The molecule has 10 heavy (non-hydrogen) atoms. The fraction of sp³-hybridized carbons (Fsp3) is 0. The van der Waals surface area contributed by atoms with E-state index >= 15 is 0 Å². The molecule has 0 saturated heterocycles. The fourth-order valence-electron chi connectivity index (χ4n) is 0. The zero-order valence-corrected chi connectivity index (χ0v) is 13.1. The molecule has 10 heteroatoms. The minimum Gasteiger partial charge on any atom is -0.759 e. The fourth-order valence-corrected chi connectivity index (χ4v) is 0. The smallest absolute Gasteiger partial charge is 0.759 e. The summed E-state index contributed by atoms with van der Waals surface area (Å²) >= 11 is 0. The summed E-state index contributed by atoms with van der Waals surface area (Å²) in [6.07, 6.45) is 0. The second-order valence-corrected chi connectivity index (χ2v) is 1.22. The Balaban J connectivity index is -0.00000000800. The maximum atomic E-state index is 8.52. The number of hydrogen-bond acceptors (Lipinski definition) is 4. The SMILES string of the molecule is O=S(=O)([O-])[O-].[BH4-].[Cu].[Na+].[Na+].[Na+]. The van der Waals surface area contributed by atoms with Gasteiger partial charge >= 0.3 is 88.7 Å². The summed E-state index contributed by atoms with van der Waals surface area (Å²) in [5.74, 6) is 0. The normalized spacial score (nSPS) is 5.80. The first-order chi connectivity index (χ1) is 2.00. The summed E-state index contributed by atoms with van der Waals surface area (Å²) in [6, 6.07) is 0. The van der Waals surface area contributed by atoms with Crippen LogP contribution in [0.2, 0.25) is 0 Å². The molecule has 51 valence electrons. The van der Waals surface area contributed by atoms with Gasteiger partial charge in [-0.1, -0.05) is 8.41 Å². The molecular formula is H4BCuNa3O4S. The Morgan fingerprint density at radius 1 is 0.900 bits per heavy atom. The van der Waals surface area contributed by atoms with Crippen LogP contribution in [0.1, 0.15) is 0 Å². The minimum absolute atomic E-state index is 0. The molecular weight excluding hydrogens is 239 g/mol. The van der Waals surface area contributed by atoms with Gasteiger partial charge < -0.3 is 9.11 Å². The molecule has 4 nitrogen and oxygen atoms in total. The molecule has 0 rings (SSSR count). The van der Waals surface area contributed by atoms with Gasteiger partial charge in [0, 0.05) is 27.5 Å². The molecule has 0 saturated carbocycles. The van der Waals surface area contributed by atoms with E-state index in [9.17, 15) is 0 Å². The van der Waals surface area contributed by atoms with Crippen LogP contribution in [-0.4, -0.2) is 25.9 Å². The van der Waals surface area contributed by atoms with Gasteiger partial charge in [-0.25, -0.2) is 0 Å². The Labute approximate surface area is 139 Å². The van der Waals surface area contributed by atoms with E-state index in [0.717, 1.165) is 0 Å². The Morgan fingerprint density at radius 2 is 0.900 bits per heavy atom. The first-order valence-corrected chi connectivity index (χ1v) is 2.00. The van der Waals surface area contributed by atoms with Gasteiger partial charge in [-0.15, -0.1) is 0 Å². The van der Waals surface area contributed by atoms with E-state index < -0.39 is 10.4 Å². The van der Waals surface area contributed by atoms with E-state index in [0.29, 0.717) is 0 Å². The molecule has 0 unspecified atom stereocenters. The Morgan fingerprint density at radius 3 is 0.900 bits per heavy atom. The zero-order valence-electron chi connectivity index (χ0n) is 5.34. The summed E-state index contributed by atoms with van der Waals surface area (Å²) in [7, 11) is -5.17. The minimum atomic E-state index is -5.17. The predicted molar refractivity (Wildman–Crippen MR) is 21.8 cm³/mol. The van der Waals surface area contributed by atoms with Crippen molar-refractivity contribution in [2.45, 2.75) is 0 Å². The van der Waals surface area contributed by atoms with E-state index in [1.54, 1.807) is 0 Å². The van der Waals surface area contributed by atoms with E-state index in [-0.39, 0.29) is 114 Å². The van der Waals surface area contributed by atoms with Gasteiger partial charge in [-0.05, 0) is 0 Å². The summed E-state index contributed by atoms with van der Waals surface area (Å²) < 4.78 is 34.1. The molecule has 0 aromatic heterocycles. The standard InChI is InChI=1S/BH4.Cu.3Na.H2O4S/c;;;;;1-5(2,3)4/h1H4;;;;;(H2,1,2,3,4)/q-1;;3*+1;/p-2. The first kappa shape index (κ1) is 37.6. The van der Waals surface area contributed by atoms with Crippen LogP contribution in [0.25, 0.3) is 0 Å². The summed E-state index contributed by atoms with van der Waals surface area (Å²) in [5, 5.41) is 0. The van der Waals surface area contributed by atoms with Crippen molar-refractivity contribution >= 4 is 18.8 Å². The summed E-state index contributed by atoms with van der Waals surface area (Å²) in [6.45, 7) is 0. The second-order valence-electron chi connectivity index (χ2n) is 0.408. The molecule has 0 aliphatic carbocycles. The van der Waals surface area contributed by atoms with Gasteiger partial charge in [0.15, 0.2) is 0 Å². The first-order valence-electron chi connectivity index (χ1n) is 0.667. The van der Waals surface area contributed by atoms with Crippen LogP contribution in [-0.2, 0) is 27.5 Å². The maximum Gasteiger partial charge on any atom is 1.00 e. The van der Waals surface area contributed by atoms with Crippen LogP contribution in [0.3, 0.4) is 0 Å². The average molecular weight is 243 g/mol. The maximum absolute atomic E-state index is 8.52.